The minimum atomic E-state index is 0.167. The maximum Gasteiger partial charge on any atom is 0.124 e. The van der Waals surface area contributed by atoms with Crippen LogP contribution in [0, 0.1) is 12.8 Å². The Bertz CT molecular complexity index is 746. The van der Waals surface area contributed by atoms with Gasteiger partial charge in [0, 0.05) is 33.8 Å². The van der Waals surface area contributed by atoms with E-state index in [9.17, 15) is 0 Å². The molecule has 3 unspecified atom stereocenters. The van der Waals surface area contributed by atoms with E-state index in [2.05, 4.69) is 52.4 Å². The number of fused-ring (bicyclic) bond motifs is 3. The Morgan fingerprint density at radius 1 is 1.17 bits per heavy atom. The predicted molar refractivity (Wildman–Crippen MR) is 95.0 cm³/mol. The lowest BCUT2D eigenvalue weighted by atomic mass is 9.80. The molecule has 3 atom stereocenters. The van der Waals surface area contributed by atoms with E-state index in [4.69, 9.17) is 9.47 Å². The second kappa shape index (κ2) is 5.84. The highest BCUT2D eigenvalue weighted by Gasteiger charge is 2.42. The molecule has 120 valence electrons. The van der Waals surface area contributed by atoms with Crippen molar-refractivity contribution in [2.75, 3.05) is 19.0 Å². The molecule has 4 heteroatoms. The number of ether oxygens (including phenoxy) is 2. The molecule has 3 nitrogen and oxygen atoms in total. The largest absolute Gasteiger partial charge is 0.496 e. The van der Waals surface area contributed by atoms with Crippen LogP contribution >= 0.6 is 15.9 Å². The first-order chi connectivity index (χ1) is 11.2. The standard InChI is InChI=1S/C19H20BrNO2/c1-11-3-5-16-14(9-11)19-13(7-8-23-19)18(21-16)15-10-12(20)4-6-17(15)22-2/h3-6,9-10,13,18-19,21H,7-8H2,1-2H3. The molecule has 2 aromatic rings. The second-order valence-electron chi connectivity index (χ2n) is 6.34. The van der Waals surface area contributed by atoms with Crippen molar-refractivity contribution in [3.05, 3.63) is 57.6 Å². The molecule has 0 aromatic heterocycles. The molecule has 2 aliphatic heterocycles. The smallest absolute Gasteiger partial charge is 0.124 e. The Kier molecular flexibility index (Phi) is 3.82. The number of nitrogens with one attached hydrogen (secondary N) is 1. The highest BCUT2D eigenvalue weighted by atomic mass is 79.9. The lowest BCUT2D eigenvalue weighted by molar-refractivity contribution is 0.0826. The normalized spacial score (nSPS) is 25.4. The van der Waals surface area contributed by atoms with E-state index in [1.807, 2.05) is 12.1 Å². The van der Waals surface area contributed by atoms with E-state index in [0.717, 1.165) is 23.2 Å². The summed E-state index contributed by atoms with van der Waals surface area (Å²) in [5, 5.41) is 3.73. The van der Waals surface area contributed by atoms with Crippen LogP contribution in [0.15, 0.2) is 40.9 Å². The molecule has 2 aliphatic rings. The van der Waals surface area contributed by atoms with E-state index in [1.165, 1.54) is 22.4 Å². The first-order valence-corrected chi connectivity index (χ1v) is 8.79. The van der Waals surface area contributed by atoms with Gasteiger partial charge >= 0.3 is 0 Å². The van der Waals surface area contributed by atoms with Crippen LogP contribution in [0.3, 0.4) is 0 Å². The number of halogens is 1. The molecule has 1 saturated heterocycles. The van der Waals surface area contributed by atoms with Gasteiger partial charge in [0.25, 0.3) is 0 Å². The monoisotopic (exact) mass is 373 g/mol. The van der Waals surface area contributed by atoms with E-state index in [0.29, 0.717) is 5.92 Å². The Balaban J connectivity index is 1.82. The maximum atomic E-state index is 6.10. The zero-order chi connectivity index (χ0) is 16.0. The molecule has 1 fully saturated rings. The summed E-state index contributed by atoms with van der Waals surface area (Å²) in [6.45, 7) is 2.95. The molecule has 4 rings (SSSR count). The Morgan fingerprint density at radius 2 is 2.04 bits per heavy atom. The molecule has 2 aromatic carbocycles. The predicted octanol–water partition coefficient (Wildman–Crippen LogP) is 5.01. The summed E-state index contributed by atoms with van der Waals surface area (Å²) in [6, 6.07) is 13.0. The number of aryl methyl sites for hydroxylation is 1. The number of hydrogen-bond acceptors (Lipinski definition) is 3. The zero-order valence-electron chi connectivity index (χ0n) is 13.3. The van der Waals surface area contributed by atoms with Crippen molar-refractivity contribution in [1.29, 1.82) is 0 Å². The third-order valence-electron chi connectivity index (χ3n) is 4.92. The molecule has 0 saturated carbocycles. The molecule has 2 heterocycles. The second-order valence-corrected chi connectivity index (χ2v) is 7.26. The minimum absolute atomic E-state index is 0.167. The van der Waals surface area contributed by atoms with Gasteiger partial charge in [-0.05, 0) is 37.6 Å². The Labute approximate surface area is 145 Å². The van der Waals surface area contributed by atoms with Gasteiger partial charge in [-0.1, -0.05) is 33.6 Å². The highest BCUT2D eigenvalue weighted by Crippen LogP contribution is 2.51. The number of anilines is 1. The molecule has 23 heavy (non-hydrogen) atoms. The molecular formula is C19H20BrNO2. The van der Waals surface area contributed by atoms with Crippen LogP contribution in [-0.2, 0) is 4.74 Å². The summed E-state index contributed by atoms with van der Waals surface area (Å²) in [5.74, 6) is 1.35. The summed E-state index contributed by atoms with van der Waals surface area (Å²) in [7, 11) is 1.73. The quantitative estimate of drug-likeness (QED) is 0.802. The van der Waals surface area contributed by atoms with Gasteiger partial charge in [-0.25, -0.2) is 0 Å². The lowest BCUT2D eigenvalue weighted by Gasteiger charge is -2.37. The van der Waals surface area contributed by atoms with Gasteiger partial charge in [-0.3, -0.25) is 0 Å². The first kappa shape index (κ1) is 15.0. The van der Waals surface area contributed by atoms with Gasteiger partial charge in [-0.15, -0.1) is 0 Å². The van der Waals surface area contributed by atoms with Gasteiger partial charge in [0.15, 0.2) is 0 Å². The average Bonchev–Trinajstić information content (AvgIpc) is 3.04. The fourth-order valence-electron chi connectivity index (χ4n) is 3.85. The van der Waals surface area contributed by atoms with Crippen molar-refractivity contribution in [2.24, 2.45) is 5.92 Å². The van der Waals surface area contributed by atoms with Gasteiger partial charge in [0.1, 0.15) is 5.75 Å². The summed E-state index contributed by atoms with van der Waals surface area (Å²) >= 11 is 3.59. The molecule has 0 amide bonds. The van der Waals surface area contributed by atoms with Crippen molar-refractivity contribution in [1.82, 2.24) is 0 Å². The van der Waals surface area contributed by atoms with Crippen LogP contribution in [0.5, 0.6) is 5.75 Å². The minimum Gasteiger partial charge on any atom is -0.496 e. The van der Waals surface area contributed by atoms with Crippen molar-refractivity contribution >= 4 is 21.6 Å². The fourth-order valence-corrected chi connectivity index (χ4v) is 4.23. The molecule has 0 aliphatic carbocycles. The van der Waals surface area contributed by atoms with Gasteiger partial charge in [0.2, 0.25) is 0 Å². The number of benzene rings is 2. The Hall–Kier alpha value is -1.52. The van der Waals surface area contributed by atoms with Crippen molar-refractivity contribution in [3.63, 3.8) is 0 Å². The van der Waals surface area contributed by atoms with Crippen LogP contribution in [0.1, 0.15) is 35.3 Å². The van der Waals surface area contributed by atoms with Gasteiger partial charge in [0.05, 0.1) is 19.3 Å². The molecule has 0 radical (unpaired) electrons. The SMILES string of the molecule is COc1ccc(Br)cc1C1Nc2ccc(C)cc2C2OCCC12. The molecule has 0 bridgehead atoms. The third-order valence-corrected chi connectivity index (χ3v) is 5.41. The molecule has 1 N–H and O–H groups in total. The van der Waals surface area contributed by atoms with Crippen LogP contribution in [0.4, 0.5) is 5.69 Å². The zero-order valence-corrected chi connectivity index (χ0v) is 14.9. The van der Waals surface area contributed by atoms with Crippen LogP contribution in [0.25, 0.3) is 0 Å². The van der Waals surface area contributed by atoms with Gasteiger partial charge < -0.3 is 14.8 Å². The van der Waals surface area contributed by atoms with Crippen molar-refractivity contribution in [2.45, 2.75) is 25.5 Å². The summed E-state index contributed by atoms with van der Waals surface area (Å²) in [4.78, 5) is 0. The average molecular weight is 374 g/mol. The van der Waals surface area contributed by atoms with Crippen LogP contribution in [0.2, 0.25) is 0 Å². The van der Waals surface area contributed by atoms with Crippen molar-refractivity contribution < 1.29 is 9.47 Å². The summed E-state index contributed by atoms with van der Waals surface area (Å²) in [5.41, 5.74) is 4.93. The van der Waals surface area contributed by atoms with Gasteiger partial charge in [-0.2, -0.15) is 0 Å². The van der Waals surface area contributed by atoms with Crippen LogP contribution in [-0.4, -0.2) is 13.7 Å². The number of hydrogen-bond donors (Lipinski definition) is 1. The fraction of sp³-hybridized carbons (Fsp3) is 0.368. The third kappa shape index (κ3) is 2.54. The van der Waals surface area contributed by atoms with Crippen LogP contribution < -0.4 is 10.1 Å². The maximum absolute atomic E-state index is 6.10. The summed E-state index contributed by atoms with van der Waals surface area (Å²) < 4.78 is 12.8. The topological polar surface area (TPSA) is 30.5 Å². The number of methoxy groups -OCH3 is 1. The molecule has 0 spiro atoms. The van der Waals surface area contributed by atoms with Crippen molar-refractivity contribution in [3.8, 4) is 5.75 Å². The number of rotatable bonds is 2. The van der Waals surface area contributed by atoms with E-state index >= 15 is 0 Å². The van der Waals surface area contributed by atoms with E-state index in [-0.39, 0.29) is 12.1 Å². The Morgan fingerprint density at radius 3 is 2.87 bits per heavy atom. The molecular weight excluding hydrogens is 354 g/mol. The summed E-state index contributed by atoms with van der Waals surface area (Å²) in [6.07, 6.45) is 1.23. The van der Waals surface area contributed by atoms with E-state index < -0.39 is 0 Å². The van der Waals surface area contributed by atoms with E-state index in [1.54, 1.807) is 7.11 Å². The highest BCUT2D eigenvalue weighted by molar-refractivity contribution is 9.10. The lowest BCUT2D eigenvalue weighted by Crippen LogP contribution is -2.29. The first-order valence-electron chi connectivity index (χ1n) is 7.99.